The zero-order chi connectivity index (χ0) is 12.6. The molecule has 0 saturated heterocycles. The molecule has 0 aliphatic carbocycles. The molecule has 0 atom stereocenters. The van der Waals surface area contributed by atoms with Gasteiger partial charge in [-0.25, -0.2) is 4.99 Å². The maximum atomic E-state index is 6.08. The Morgan fingerprint density at radius 2 is 1.94 bits per heavy atom. The zero-order valence-electron chi connectivity index (χ0n) is 10.8. The molecule has 0 N–H and O–H groups in total. The fraction of sp³-hybridized carbons (Fsp3) is 0.538. The molecule has 0 aromatic carbocycles. The first-order chi connectivity index (χ1) is 7.51. The molecule has 0 aromatic rings. The summed E-state index contributed by atoms with van der Waals surface area (Å²) in [6, 6.07) is 0. The van der Waals surface area contributed by atoms with Crippen LogP contribution in [0, 0.1) is 5.92 Å². The summed E-state index contributed by atoms with van der Waals surface area (Å²) in [5.41, 5.74) is 1.17. The summed E-state index contributed by atoms with van der Waals surface area (Å²) < 4.78 is 0. The summed E-state index contributed by atoms with van der Waals surface area (Å²) >= 11 is 6.08. The highest BCUT2D eigenvalue weighted by molar-refractivity contribution is 6.31. The lowest BCUT2D eigenvalue weighted by Crippen LogP contribution is -1.94. The van der Waals surface area contributed by atoms with E-state index < -0.39 is 0 Å². The van der Waals surface area contributed by atoms with Gasteiger partial charge in [0.2, 0.25) is 0 Å². The lowest BCUT2D eigenvalue weighted by Gasteiger charge is -1.97. The number of aliphatic imine (C=N–C) groups is 2. The van der Waals surface area contributed by atoms with E-state index in [-0.39, 0.29) is 0 Å². The van der Waals surface area contributed by atoms with Gasteiger partial charge in [0, 0.05) is 18.3 Å². The largest absolute Gasteiger partial charge is 0.270 e. The Labute approximate surface area is 104 Å². The van der Waals surface area contributed by atoms with Crippen LogP contribution >= 0.6 is 11.6 Å². The summed E-state index contributed by atoms with van der Waals surface area (Å²) in [5, 5.41) is 0.767. The molecule has 0 bridgehead atoms. The van der Waals surface area contributed by atoms with Crippen LogP contribution in [0.1, 0.15) is 34.1 Å². The highest BCUT2D eigenvalue weighted by atomic mass is 35.5. The van der Waals surface area contributed by atoms with Crippen LogP contribution in [0.2, 0.25) is 0 Å². The van der Waals surface area contributed by atoms with Crippen molar-refractivity contribution in [3.63, 3.8) is 0 Å². The fourth-order valence-corrected chi connectivity index (χ4v) is 1.06. The zero-order valence-corrected chi connectivity index (χ0v) is 11.5. The van der Waals surface area contributed by atoms with E-state index in [1.54, 1.807) is 7.05 Å². The van der Waals surface area contributed by atoms with E-state index in [1.165, 1.54) is 5.57 Å². The first kappa shape index (κ1) is 15.1. The smallest absolute Gasteiger partial charge is 0.146 e. The molecular weight excluding hydrogens is 220 g/mol. The highest BCUT2D eigenvalue weighted by Crippen LogP contribution is 2.13. The molecule has 2 nitrogen and oxygen atoms in total. The van der Waals surface area contributed by atoms with Crippen molar-refractivity contribution in [3.8, 4) is 0 Å². The monoisotopic (exact) mass is 240 g/mol. The maximum absolute atomic E-state index is 6.08. The molecule has 0 aliphatic heterocycles. The van der Waals surface area contributed by atoms with Crippen LogP contribution in [0.4, 0.5) is 0 Å². The molecule has 0 aromatic heterocycles. The lowest BCUT2D eigenvalue weighted by atomic mass is 10.2. The molecule has 0 amide bonds. The van der Waals surface area contributed by atoms with Gasteiger partial charge in [0.1, 0.15) is 5.84 Å². The van der Waals surface area contributed by atoms with Crippen LogP contribution in [0.5, 0.6) is 0 Å². The fourth-order valence-electron chi connectivity index (χ4n) is 0.860. The number of amidine groups is 1. The summed E-state index contributed by atoms with van der Waals surface area (Å²) in [4.78, 5) is 8.32. The molecule has 16 heavy (non-hydrogen) atoms. The molecule has 0 radical (unpaired) electrons. The molecule has 0 rings (SSSR count). The minimum Gasteiger partial charge on any atom is -0.270 e. The lowest BCUT2D eigenvalue weighted by molar-refractivity contribution is 0.909. The Morgan fingerprint density at radius 1 is 1.31 bits per heavy atom. The maximum Gasteiger partial charge on any atom is 0.146 e. The number of hydrogen-bond acceptors (Lipinski definition) is 1. The predicted molar refractivity (Wildman–Crippen MR) is 74.7 cm³/mol. The van der Waals surface area contributed by atoms with Gasteiger partial charge in [0.15, 0.2) is 0 Å². The standard InChI is InChI=1S/C13H21ClN2/c1-6-11(4)12(14)7-8-13(15-5)16-9-10(2)3/h7-10H,6H2,1-5H3/b8-7-,12-11-,15-13+,16-9+. The van der Waals surface area contributed by atoms with Crippen LogP contribution in [0.25, 0.3) is 0 Å². The van der Waals surface area contributed by atoms with E-state index in [1.807, 2.05) is 25.3 Å². The van der Waals surface area contributed by atoms with Gasteiger partial charge in [-0.1, -0.05) is 37.9 Å². The third-order valence-electron chi connectivity index (χ3n) is 2.05. The van der Waals surface area contributed by atoms with E-state index in [9.17, 15) is 0 Å². The van der Waals surface area contributed by atoms with Crippen molar-refractivity contribution < 1.29 is 0 Å². The molecule has 90 valence electrons. The summed E-state index contributed by atoms with van der Waals surface area (Å²) in [5.74, 6) is 1.12. The third kappa shape index (κ3) is 6.57. The van der Waals surface area contributed by atoms with Crippen molar-refractivity contribution in [1.82, 2.24) is 0 Å². The summed E-state index contributed by atoms with van der Waals surface area (Å²) in [6.45, 7) is 8.26. The van der Waals surface area contributed by atoms with Crippen LogP contribution in [-0.4, -0.2) is 19.1 Å². The van der Waals surface area contributed by atoms with Crippen molar-refractivity contribution >= 4 is 23.7 Å². The van der Waals surface area contributed by atoms with E-state index in [0.29, 0.717) is 11.8 Å². The quantitative estimate of drug-likeness (QED) is 0.399. The third-order valence-corrected chi connectivity index (χ3v) is 2.50. The van der Waals surface area contributed by atoms with Gasteiger partial charge in [-0.2, -0.15) is 0 Å². The van der Waals surface area contributed by atoms with Crippen molar-refractivity contribution in [2.45, 2.75) is 34.1 Å². The number of hydrogen-bond donors (Lipinski definition) is 0. The van der Waals surface area contributed by atoms with Gasteiger partial charge in [-0.3, -0.25) is 4.99 Å². The van der Waals surface area contributed by atoms with Crippen molar-refractivity contribution in [2.75, 3.05) is 7.05 Å². The van der Waals surface area contributed by atoms with Crippen molar-refractivity contribution in [2.24, 2.45) is 15.9 Å². The van der Waals surface area contributed by atoms with Crippen molar-refractivity contribution in [3.05, 3.63) is 22.8 Å². The average molecular weight is 241 g/mol. The van der Waals surface area contributed by atoms with Gasteiger partial charge in [-0.05, 0) is 31.4 Å². The SMILES string of the molecule is CC/C(C)=C(Cl)/C=C\C(\N=C\C(C)C)=N/C. The second kappa shape index (κ2) is 8.28. The number of halogens is 1. The average Bonchev–Trinajstić information content (AvgIpc) is 2.27. The van der Waals surface area contributed by atoms with Gasteiger partial charge in [-0.15, -0.1) is 0 Å². The van der Waals surface area contributed by atoms with E-state index in [0.717, 1.165) is 11.5 Å². The van der Waals surface area contributed by atoms with E-state index in [2.05, 4.69) is 30.8 Å². The molecule has 0 fully saturated rings. The number of rotatable bonds is 4. The van der Waals surface area contributed by atoms with Gasteiger partial charge >= 0.3 is 0 Å². The summed E-state index contributed by atoms with van der Waals surface area (Å²) in [7, 11) is 1.72. The second-order valence-corrected chi connectivity index (χ2v) is 4.33. The molecular formula is C13H21ClN2. The second-order valence-electron chi connectivity index (χ2n) is 3.92. The minimum absolute atomic E-state index is 0.425. The highest BCUT2D eigenvalue weighted by Gasteiger charge is 1.94. The first-order valence-electron chi connectivity index (χ1n) is 5.55. The summed E-state index contributed by atoms with van der Waals surface area (Å²) in [6.07, 6.45) is 6.51. The topological polar surface area (TPSA) is 24.7 Å². The predicted octanol–water partition coefficient (Wildman–Crippen LogP) is 4.22. The molecule has 0 aliphatic rings. The van der Waals surface area contributed by atoms with Crippen molar-refractivity contribution in [1.29, 1.82) is 0 Å². The number of nitrogens with zero attached hydrogens (tertiary/aromatic N) is 2. The molecule has 0 saturated carbocycles. The van der Waals surface area contributed by atoms with E-state index >= 15 is 0 Å². The normalized spacial score (nSPS) is 15.3. The number of allylic oxidation sites excluding steroid dienone is 3. The van der Waals surface area contributed by atoms with Crippen LogP contribution in [0.15, 0.2) is 32.7 Å². The van der Waals surface area contributed by atoms with Crippen LogP contribution < -0.4 is 0 Å². The van der Waals surface area contributed by atoms with Gasteiger partial charge in [0.25, 0.3) is 0 Å². The Kier molecular flexibility index (Phi) is 7.82. The Balaban J connectivity index is 4.64. The first-order valence-corrected chi connectivity index (χ1v) is 5.93. The molecule has 0 unspecified atom stereocenters. The Bertz CT molecular complexity index is 323. The molecule has 0 spiro atoms. The Morgan fingerprint density at radius 3 is 2.38 bits per heavy atom. The minimum atomic E-state index is 0.425. The molecule has 0 heterocycles. The van der Waals surface area contributed by atoms with Gasteiger partial charge in [0.05, 0.1) is 0 Å². The van der Waals surface area contributed by atoms with E-state index in [4.69, 9.17) is 11.6 Å². The molecule has 3 heteroatoms. The van der Waals surface area contributed by atoms with Gasteiger partial charge < -0.3 is 0 Å². The van der Waals surface area contributed by atoms with Crippen LogP contribution in [-0.2, 0) is 0 Å². The Hall–Kier alpha value is -0.890. The van der Waals surface area contributed by atoms with Crippen LogP contribution in [0.3, 0.4) is 0 Å².